The lowest BCUT2D eigenvalue weighted by atomic mass is 9.78. The molecule has 7 nitrogen and oxygen atoms in total. The van der Waals surface area contributed by atoms with E-state index in [1.165, 1.54) is 0 Å². The summed E-state index contributed by atoms with van der Waals surface area (Å²) in [5, 5.41) is 4.93. The minimum Gasteiger partial charge on any atom is -0.375 e. The first-order valence-electron chi connectivity index (χ1n) is 6.42. The van der Waals surface area contributed by atoms with Gasteiger partial charge in [0.1, 0.15) is 0 Å². The highest BCUT2D eigenvalue weighted by atomic mass is 16.5. The SMILES string of the molecule is NC(=O)C1(C(=O)c2cc(=O)[nH]o2)NCCc2ccccc21. The summed E-state index contributed by atoms with van der Waals surface area (Å²) in [5.41, 5.74) is 4.60. The van der Waals surface area contributed by atoms with Crippen LogP contribution in [0.2, 0.25) is 0 Å². The summed E-state index contributed by atoms with van der Waals surface area (Å²) in [7, 11) is 0. The number of nitrogens with one attached hydrogen (secondary N) is 2. The summed E-state index contributed by atoms with van der Waals surface area (Å²) in [6, 6.07) is 8.08. The third kappa shape index (κ3) is 1.90. The average Bonchev–Trinajstić information content (AvgIpc) is 2.92. The first kappa shape index (κ1) is 13.3. The number of amides is 1. The van der Waals surface area contributed by atoms with Crippen LogP contribution in [0.5, 0.6) is 0 Å². The largest absolute Gasteiger partial charge is 0.375 e. The number of primary amides is 1. The molecule has 108 valence electrons. The molecule has 1 aromatic heterocycles. The van der Waals surface area contributed by atoms with Crippen molar-refractivity contribution >= 4 is 11.7 Å². The molecule has 2 heterocycles. The molecule has 4 N–H and O–H groups in total. The highest BCUT2D eigenvalue weighted by molar-refractivity contribution is 6.17. The molecule has 7 heteroatoms. The molecule has 0 saturated heterocycles. The second-order valence-electron chi connectivity index (χ2n) is 4.85. The van der Waals surface area contributed by atoms with Crippen LogP contribution in [0.25, 0.3) is 0 Å². The fourth-order valence-corrected chi connectivity index (χ4v) is 2.70. The Bertz CT molecular complexity index is 776. The standard InChI is InChI=1S/C14H13N3O4/c15-13(20)14(12(19)10-7-11(18)17-21-10)9-4-2-1-3-8(9)5-6-16-14/h1-4,7,16H,5-6H2,(H2,15,20)(H,17,18). The molecule has 1 unspecified atom stereocenters. The number of rotatable bonds is 3. The third-order valence-electron chi connectivity index (χ3n) is 3.66. The number of benzene rings is 1. The van der Waals surface area contributed by atoms with E-state index in [2.05, 4.69) is 5.32 Å². The van der Waals surface area contributed by atoms with Gasteiger partial charge in [-0.1, -0.05) is 24.3 Å². The van der Waals surface area contributed by atoms with Gasteiger partial charge < -0.3 is 10.3 Å². The van der Waals surface area contributed by atoms with Crippen molar-refractivity contribution in [3.05, 3.63) is 57.6 Å². The zero-order valence-corrected chi connectivity index (χ0v) is 11.0. The Morgan fingerprint density at radius 3 is 2.71 bits per heavy atom. The molecule has 21 heavy (non-hydrogen) atoms. The predicted octanol–water partition coefficient (Wildman–Crippen LogP) is -0.323. The fourth-order valence-electron chi connectivity index (χ4n) is 2.70. The normalized spacial score (nSPS) is 20.8. The maximum Gasteiger partial charge on any atom is 0.280 e. The molecule has 0 saturated carbocycles. The summed E-state index contributed by atoms with van der Waals surface area (Å²) < 4.78 is 4.83. The second kappa shape index (κ2) is 4.71. The molecular formula is C14H13N3O4. The second-order valence-corrected chi connectivity index (χ2v) is 4.85. The summed E-state index contributed by atoms with van der Waals surface area (Å²) in [6.45, 7) is 0.417. The fraction of sp³-hybridized carbons (Fsp3) is 0.214. The van der Waals surface area contributed by atoms with E-state index < -0.39 is 22.8 Å². The van der Waals surface area contributed by atoms with E-state index in [4.69, 9.17) is 10.3 Å². The van der Waals surface area contributed by atoms with E-state index in [-0.39, 0.29) is 5.76 Å². The van der Waals surface area contributed by atoms with Crippen LogP contribution in [0.15, 0.2) is 39.6 Å². The molecule has 1 atom stereocenters. The maximum absolute atomic E-state index is 12.7. The number of nitrogens with two attached hydrogens (primary N) is 1. The molecule has 0 aliphatic carbocycles. The Labute approximate surface area is 119 Å². The zero-order chi connectivity index (χ0) is 15.0. The minimum atomic E-state index is -1.72. The van der Waals surface area contributed by atoms with E-state index in [0.29, 0.717) is 18.5 Å². The first-order valence-corrected chi connectivity index (χ1v) is 6.42. The van der Waals surface area contributed by atoms with Crippen LogP contribution in [-0.4, -0.2) is 23.4 Å². The molecule has 1 aliphatic rings. The average molecular weight is 287 g/mol. The number of aromatic nitrogens is 1. The van der Waals surface area contributed by atoms with Crippen LogP contribution in [0.3, 0.4) is 0 Å². The third-order valence-corrected chi connectivity index (χ3v) is 3.66. The Hall–Kier alpha value is -2.67. The number of H-pyrrole nitrogens is 1. The number of aromatic amines is 1. The van der Waals surface area contributed by atoms with Gasteiger partial charge >= 0.3 is 0 Å². The predicted molar refractivity (Wildman–Crippen MR) is 72.7 cm³/mol. The molecule has 0 spiro atoms. The molecular weight excluding hydrogens is 274 g/mol. The molecule has 0 fully saturated rings. The van der Waals surface area contributed by atoms with Gasteiger partial charge in [0.2, 0.25) is 11.5 Å². The smallest absolute Gasteiger partial charge is 0.280 e. The van der Waals surface area contributed by atoms with Crippen molar-refractivity contribution in [1.82, 2.24) is 10.5 Å². The Kier molecular flexibility index (Phi) is 2.99. The van der Waals surface area contributed by atoms with Gasteiger partial charge in [-0.25, -0.2) is 0 Å². The van der Waals surface area contributed by atoms with E-state index in [1.54, 1.807) is 12.1 Å². The van der Waals surface area contributed by atoms with Gasteiger partial charge in [-0.05, 0) is 17.5 Å². The number of ketones is 1. The van der Waals surface area contributed by atoms with E-state index in [0.717, 1.165) is 11.6 Å². The van der Waals surface area contributed by atoms with Crippen LogP contribution in [0.4, 0.5) is 0 Å². The summed E-state index contributed by atoms with van der Waals surface area (Å²) in [4.78, 5) is 36.0. The molecule has 1 amide bonds. The van der Waals surface area contributed by atoms with E-state index in [1.807, 2.05) is 17.3 Å². The number of hydrogen-bond acceptors (Lipinski definition) is 5. The van der Waals surface area contributed by atoms with Crippen molar-refractivity contribution in [2.45, 2.75) is 12.0 Å². The van der Waals surface area contributed by atoms with Crippen LogP contribution < -0.4 is 16.6 Å². The summed E-state index contributed by atoms with van der Waals surface area (Å²) in [5.74, 6) is -1.74. The van der Waals surface area contributed by atoms with Crippen molar-refractivity contribution in [3.8, 4) is 0 Å². The van der Waals surface area contributed by atoms with Crippen molar-refractivity contribution in [2.75, 3.05) is 6.54 Å². The van der Waals surface area contributed by atoms with E-state index in [9.17, 15) is 14.4 Å². The minimum absolute atomic E-state index is 0.233. The van der Waals surface area contributed by atoms with Crippen LogP contribution in [0, 0.1) is 0 Å². The van der Waals surface area contributed by atoms with Gasteiger partial charge in [0.25, 0.3) is 11.5 Å². The van der Waals surface area contributed by atoms with E-state index >= 15 is 0 Å². The number of carbonyl (C=O) groups is 2. The Morgan fingerprint density at radius 2 is 2.05 bits per heavy atom. The number of carbonyl (C=O) groups excluding carboxylic acids is 2. The van der Waals surface area contributed by atoms with Crippen LogP contribution in [-0.2, 0) is 16.8 Å². The van der Waals surface area contributed by atoms with Crippen LogP contribution >= 0.6 is 0 Å². The Morgan fingerprint density at radius 1 is 1.29 bits per heavy atom. The summed E-state index contributed by atoms with van der Waals surface area (Å²) in [6.07, 6.45) is 0.676. The first-order chi connectivity index (χ1) is 10.1. The maximum atomic E-state index is 12.7. The highest BCUT2D eigenvalue weighted by Gasteiger charge is 2.50. The number of Topliss-reactive ketones (excluding diaryl/α,β-unsaturated/α-hetero) is 1. The van der Waals surface area contributed by atoms with Gasteiger partial charge in [0.15, 0.2) is 5.54 Å². The molecule has 3 rings (SSSR count). The quantitative estimate of drug-likeness (QED) is 0.528. The highest BCUT2D eigenvalue weighted by Crippen LogP contribution is 2.31. The molecule has 0 bridgehead atoms. The molecule has 1 aliphatic heterocycles. The molecule has 0 radical (unpaired) electrons. The van der Waals surface area contributed by atoms with Crippen molar-refractivity contribution in [1.29, 1.82) is 0 Å². The van der Waals surface area contributed by atoms with Gasteiger partial charge in [0, 0.05) is 6.54 Å². The summed E-state index contributed by atoms with van der Waals surface area (Å²) >= 11 is 0. The van der Waals surface area contributed by atoms with Crippen molar-refractivity contribution < 1.29 is 14.1 Å². The number of hydrogen-bond donors (Lipinski definition) is 3. The Balaban J connectivity index is 2.21. The van der Waals surface area contributed by atoms with Gasteiger partial charge in [0.05, 0.1) is 6.07 Å². The van der Waals surface area contributed by atoms with Gasteiger partial charge in [-0.15, -0.1) is 0 Å². The van der Waals surface area contributed by atoms with Gasteiger partial charge in [-0.3, -0.25) is 19.7 Å². The zero-order valence-electron chi connectivity index (χ0n) is 11.0. The van der Waals surface area contributed by atoms with Crippen molar-refractivity contribution in [3.63, 3.8) is 0 Å². The molecule has 1 aromatic carbocycles. The lowest BCUT2D eigenvalue weighted by molar-refractivity contribution is -0.123. The number of fused-ring (bicyclic) bond motifs is 1. The monoisotopic (exact) mass is 287 g/mol. The van der Waals surface area contributed by atoms with Gasteiger partial charge in [-0.2, -0.15) is 5.16 Å². The van der Waals surface area contributed by atoms with Crippen LogP contribution in [0.1, 0.15) is 21.7 Å². The lowest BCUT2D eigenvalue weighted by Crippen LogP contribution is -2.60. The lowest BCUT2D eigenvalue weighted by Gasteiger charge is -2.35. The topological polar surface area (TPSA) is 118 Å². The van der Waals surface area contributed by atoms with Crippen molar-refractivity contribution in [2.24, 2.45) is 5.73 Å². The molecule has 2 aromatic rings.